The number of carbonyl (C=O) groups is 4. The van der Waals surface area contributed by atoms with E-state index in [0.717, 1.165) is 11.1 Å². The van der Waals surface area contributed by atoms with E-state index in [2.05, 4.69) is 4.98 Å². The second kappa shape index (κ2) is 10.2. The number of phenolic OH excluding ortho intramolecular Hbond substituents is 1. The summed E-state index contributed by atoms with van der Waals surface area (Å²) >= 11 is 0. The number of benzene rings is 3. The van der Waals surface area contributed by atoms with Gasteiger partial charge in [0, 0.05) is 28.2 Å². The van der Waals surface area contributed by atoms with Crippen LogP contribution < -0.4 is 9.64 Å². The summed E-state index contributed by atoms with van der Waals surface area (Å²) in [6.07, 6.45) is 3.85. The molecule has 8 rings (SSSR count). The van der Waals surface area contributed by atoms with E-state index in [1.54, 1.807) is 43.3 Å². The molecule has 9 heteroatoms. The van der Waals surface area contributed by atoms with Crippen LogP contribution in [0.5, 0.6) is 11.5 Å². The zero-order valence-corrected chi connectivity index (χ0v) is 25.0. The van der Waals surface area contributed by atoms with Gasteiger partial charge in [-0.05, 0) is 85.9 Å². The molecule has 1 aliphatic heterocycles. The number of aromatic nitrogens is 1. The second-order valence-electron chi connectivity index (χ2n) is 12.2. The topological polar surface area (TPSA) is 127 Å². The first-order chi connectivity index (χ1) is 22.2. The van der Waals surface area contributed by atoms with Gasteiger partial charge in [0.1, 0.15) is 5.52 Å². The summed E-state index contributed by atoms with van der Waals surface area (Å²) in [6, 6.07) is 19.3. The minimum atomic E-state index is -0.700. The fourth-order valence-corrected chi connectivity index (χ4v) is 7.64. The Morgan fingerprint density at radius 3 is 2.50 bits per heavy atom. The lowest BCUT2D eigenvalue weighted by Gasteiger charge is -2.42. The molecule has 4 unspecified atom stereocenters. The van der Waals surface area contributed by atoms with Crippen molar-refractivity contribution in [2.24, 2.45) is 17.8 Å². The van der Waals surface area contributed by atoms with Crippen LogP contribution >= 0.6 is 0 Å². The Balaban J connectivity index is 1.17. The number of allylic oxidation sites excluding steroid dienone is 6. The number of oxazole rings is 1. The van der Waals surface area contributed by atoms with Crippen molar-refractivity contribution in [2.45, 2.75) is 25.7 Å². The van der Waals surface area contributed by atoms with Crippen LogP contribution in [0.2, 0.25) is 0 Å². The molecule has 1 aromatic heterocycles. The minimum Gasteiger partial charge on any atom is -0.504 e. The summed E-state index contributed by atoms with van der Waals surface area (Å²) in [5.74, 6) is -2.86. The number of imide groups is 1. The van der Waals surface area contributed by atoms with E-state index in [0.29, 0.717) is 51.4 Å². The number of Topliss-reactive ketones (excluding diaryl/α,β-unsaturated/α-hetero) is 1. The van der Waals surface area contributed by atoms with Gasteiger partial charge in [0.2, 0.25) is 17.7 Å². The zero-order valence-electron chi connectivity index (χ0n) is 25.0. The van der Waals surface area contributed by atoms with Gasteiger partial charge in [-0.25, -0.2) is 4.98 Å². The van der Waals surface area contributed by atoms with Crippen molar-refractivity contribution < 1.29 is 33.4 Å². The third-order valence-electron chi connectivity index (χ3n) is 9.77. The van der Waals surface area contributed by atoms with Crippen LogP contribution in [-0.4, -0.2) is 40.6 Å². The molecule has 9 nitrogen and oxygen atoms in total. The molecule has 0 saturated carbocycles. The number of nitrogens with zero attached hydrogens (tertiary/aromatic N) is 2. The van der Waals surface area contributed by atoms with Crippen molar-refractivity contribution in [1.29, 1.82) is 0 Å². The van der Waals surface area contributed by atoms with Gasteiger partial charge in [-0.15, -0.1) is 0 Å². The quantitative estimate of drug-likeness (QED) is 0.173. The van der Waals surface area contributed by atoms with E-state index in [-0.39, 0.29) is 41.3 Å². The number of methoxy groups -OCH3 is 1. The molecule has 46 heavy (non-hydrogen) atoms. The van der Waals surface area contributed by atoms with Crippen LogP contribution in [0.1, 0.15) is 31.2 Å². The van der Waals surface area contributed by atoms with Crippen molar-refractivity contribution in [2.75, 3.05) is 12.0 Å². The number of rotatable bonds is 4. The minimum absolute atomic E-state index is 0.0541. The average molecular weight is 613 g/mol. The molecule has 0 radical (unpaired) electrons. The summed E-state index contributed by atoms with van der Waals surface area (Å²) in [6.45, 7) is 1.62. The summed E-state index contributed by atoms with van der Waals surface area (Å²) in [7, 11) is 1.44. The van der Waals surface area contributed by atoms with E-state index in [1.165, 1.54) is 24.2 Å². The van der Waals surface area contributed by atoms with E-state index >= 15 is 0 Å². The number of fused-ring (bicyclic) bond motifs is 4. The normalized spacial score (nSPS) is 24.1. The highest BCUT2D eigenvalue weighted by Crippen LogP contribution is 2.56. The molecule has 3 aromatic carbocycles. The molecule has 2 heterocycles. The van der Waals surface area contributed by atoms with E-state index in [1.807, 2.05) is 30.3 Å². The fraction of sp³-hybridized carbons (Fsp3) is 0.216. The first kappa shape index (κ1) is 27.9. The predicted octanol–water partition coefficient (Wildman–Crippen LogP) is 5.84. The molecule has 2 amide bonds. The first-order valence-electron chi connectivity index (χ1n) is 15.2. The fourth-order valence-electron chi connectivity index (χ4n) is 7.64. The molecule has 0 bridgehead atoms. The van der Waals surface area contributed by atoms with Gasteiger partial charge >= 0.3 is 0 Å². The summed E-state index contributed by atoms with van der Waals surface area (Å²) in [5, 5.41) is 10.3. The molecule has 4 atom stereocenters. The van der Waals surface area contributed by atoms with E-state index in [4.69, 9.17) is 9.15 Å². The number of phenols is 1. The smallest absolute Gasteiger partial charge is 0.238 e. The number of hydrogen-bond donors (Lipinski definition) is 1. The van der Waals surface area contributed by atoms with Crippen molar-refractivity contribution in [3.63, 3.8) is 0 Å². The van der Waals surface area contributed by atoms with Crippen molar-refractivity contribution in [3.8, 4) is 23.0 Å². The Morgan fingerprint density at radius 1 is 0.957 bits per heavy atom. The van der Waals surface area contributed by atoms with Crippen LogP contribution in [0.4, 0.5) is 5.69 Å². The third-order valence-corrected chi connectivity index (χ3v) is 9.77. The number of carbonyl (C=O) groups excluding carboxylic acids is 4. The third kappa shape index (κ3) is 4.04. The largest absolute Gasteiger partial charge is 0.504 e. The highest BCUT2D eigenvalue weighted by molar-refractivity contribution is 6.25. The molecule has 3 aliphatic carbocycles. The lowest BCUT2D eigenvalue weighted by Crippen LogP contribution is -2.39. The van der Waals surface area contributed by atoms with Crippen LogP contribution in [0.25, 0.3) is 22.6 Å². The van der Waals surface area contributed by atoms with Gasteiger partial charge < -0.3 is 14.3 Å². The van der Waals surface area contributed by atoms with Gasteiger partial charge in [-0.1, -0.05) is 29.8 Å². The second-order valence-corrected chi connectivity index (χ2v) is 12.2. The van der Waals surface area contributed by atoms with Crippen LogP contribution in [-0.2, 0) is 19.2 Å². The van der Waals surface area contributed by atoms with Gasteiger partial charge in [0.25, 0.3) is 0 Å². The van der Waals surface area contributed by atoms with E-state index in [9.17, 15) is 24.3 Å². The standard InChI is InChI=1S/C37H28N2O7/c1-18-15-28(41)33-25(34(18)42)17-24-22(31(33)20-9-14-27(40)30(16-20)45-2)12-13-23-32(24)37(44)39(36(23)43)21-10-7-19(8-11-21)35-38-26-5-3-4-6-29(26)46-35/h3-12,14-16,23-24,31-32,40H,13,17H2,1-2H3. The molecular weight excluding hydrogens is 584 g/mol. The van der Waals surface area contributed by atoms with Gasteiger partial charge in [0.15, 0.2) is 28.6 Å². The highest BCUT2D eigenvalue weighted by atomic mass is 16.5. The Kier molecular flexibility index (Phi) is 6.22. The Labute approximate surface area is 263 Å². The first-order valence-corrected chi connectivity index (χ1v) is 15.2. The van der Waals surface area contributed by atoms with Gasteiger partial charge in [0.05, 0.1) is 24.6 Å². The Morgan fingerprint density at radius 2 is 1.74 bits per heavy atom. The number of ether oxygens (including phenoxy) is 1. The molecule has 4 aromatic rings. The number of para-hydroxylation sites is 2. The number of amides is 2. The van der Waals surface area contributed by atoms with Crippen molar-refractivity contribution >= 4 is 40.2 Å². The summed E-state index contributed by atoms with van der Waals surface area (Å²) in [5.41, 5.74) is 5.16. The SMILES string of the molecule is COc1cc(C2C3=CCC4C(=O)N(c5ccc(-c6nc7ccccc7o6)cc5)C(=O)C4C3CC3=C2C(=O)C=C(C)C3=O)ccc1O. The van der Waals surface area contributed by atoms with Crippen LogP contribution in [0.15, 0.2) is 106 Å². The lowest BCUT2D eigenvalue weighted by atomic mass is 9.59. The Hall–Kier alpha value is -5.57. The highest BCUT2D eigenvalue weighted by Gasteiger charge is 2.56. The maximum absolute atomic E-state index is 14.3. The molecule has 1 fully saturated rings. The van der Waals surface area contributed by atoms with Gasteiger partial charge in [-0.3, -0.25) is 24.1 Å². The zero-order chi connectivity index (χ0) is 31.9. The molecule has 1 N–H and O–H groups in total. The predicted molar refractivity (Wildman–Crippen MR) is 168 cm³/mol. The molecular formula is C37H28N2O7. The maximum Gasteiger partial charge on any atom is 0.238 e. The van der Waals surface area contributed by atoms with Gasteiger partial charge in [-0.2, -0.15) is 0 Å². The maximum atomic E-state index is 14.3. The monoisotopic (exact) mass is 612 g/mol. The van der Waals surface area contributed by atoms with Crippen molar-refractivity contribution in [1.82, 2.24) is 4.98 Å². The van der Waals surface area contributed by atoms with E-state index < -0.39 is 23.7 Å². The molecule has 1 saturated heterocycles. The van der Waals surface area contributed by atoms with Crippen molar-refractivity contribution in [3.05, 3.63) is 107 Å². The van der Waals surface area contributed by atoms with Crippen LogP contribution in [0.3, 0.4) is 0 Å². The molecule has 0 spiro atoms. The molecule has 4 aliphatic rings. The lowest BCUT2D eigenvalue weighted by molar-refractivity contribution is -0.123. The number of hydrogen-bond acceptors (Lipinski definition) is 8. The number of anilines is 1. The summed E-state index contributed by atoms with van der Waals surface area (Å²) in [4.78, 5) is 60.9. The Bertz CT molecular complexity index is 2080. The van der Waals surface area contributed by atoms with Crippen LogP contribution in [0, 0.1) is 17.8 Å². The molecule has 228 valence electrons. The number of aromatic hydroxyl groups is 1. The summed E-state index contributed by atoms with van der Waals surface area (Å²) < 4.78 is 11.3. The average Bonchev–Trinajstić information content (AvgIpc) is 3.61. The number of ketones is 2.